The van der Waals surface area contributed by atoms with Crippen molar-refractivity contribution < 1.29 is 0 Å². The van der Waals surface area contributed by atoms with Crippen molar-refractivity contribution in [3.63, 3.8) is 0 Å². The van der Waals surface area contributed by atoms with Gasteiger partial charge >= 0.3 is 0 Å². The third-order valence-electron chi connectivity index (χ3n) is 4.46. The SMILES string of the molecule is Cc1csc(C2(NC3CC3)CC(C)CC(C)(C)C2)n1. The van der Waals surface area contributed by atoms with E-state index >= 15 is 0 Å². The standard InChI is InChI=1S/C16H26N2S/c1-11-7-15(3,4)10-16(8-11,18-13-5-6-13)14-17-12(2)9-19-14/h9,11,13,18H,5-8,10H2,1-4H3. The highest BCUT2D eigenvalue weighted by molar-refractivity contribution is 7.09. The van der Waals surface area contributed by atoms with E-state index in [-0.39, 0.29) is 5.54 Å². The van der Waals surface area contributed by atoms with Gasteiger partial charge in [-0.25, -0.2) is 4.98 Å². The van der Waals surface area contributed by atoms with Crippen LogP contribution in [0.2, 0.25) is 0 Å². The maximum Gasteiger partial charge on any atom is 0.113 e. The molecule has 0 saturated heterocycles. The molecule has 2 nitrogen and oxygen atoms in total. The molecule has 0 aliphatic heterocycles. The van der Waals surface area contributed by atoms with E-state index in [0.717, 1.165) is 12.0 Å². The predicted octanol–water partition coefficient (Wildman–Crippen LogP) is 4.25. The Morgan fingerprint density at radius 3 is 2.58 bits per heavy atom. The molecule has 2 aliphatic rings. The lowest BCUT2D eigenvalue weighted by atomic mass is 9.64. The summed E-state index contributed by atoms with van der Waals surface area (Å²) < 4.78 is 0. The molecule has 3 rings (SSSR count). The number of hydrogen-bond donors (Lipinski definition) is 1. The normalized spacial score (nSPS) is 34.4. The number of thiazole rings is 1. The van der Waals surface area contributed by atoms with Crippen LogP contribution in [0.1, 0.15) is 63.6 Å². The van der Waals surface area contributed by atoms with Gasteiger partial charge in [0.25, 0.3) is 0 Å². The number of aromatic nitrogens is 1. The van der Waals surface area contributed by atoms with Gasteiger partial charge in [-0.3, -0.25) is 0 Å². The summed E-state index contributed by atoms with van der Waals surface area (Å²) >= 11 is 1.85. The molecule has 2 unspecified atom stereocenters. The molecule has 19 heavy (non-hydrogen) atoms. The molecule has 0 radical (unpaired) electrons. The first-order valence-electron chi connectivity index (χ1n) is 7.59. The highest BCUT2D eigenvalue weighted by Gasteiger charge is 2.47. The van der Waals surface area contributed by atoms with Crippen molar-refractivity contribution >= 4 is 11.3 Å². The van der Waals surface area contributed by atoms with Gasteiger partial charge in [0.15, 0.2) is 0 Å². The van der Waals surface area contributed by atoms with Gasteiger partial charge in [-0.15, -0.1) is 11.3 Å². The molecule has 3 heteroatoms. The zero-order chi connectivity index (χ0) is 13.7. The Morgan fingerprint density at radius 1 is 1.32 bits per heavy atom. The monoisotopic (exact) mass is 278 g/mol. The molecule has 1 heterocycles. The van der Waals surface area contributed by atoms with Crippen LogP contribution >= 0.6 is 11.3 Å². The third kappa shape index (κ3) is 2.87. The number of hydrogen-bond acceptors (Lipinski definition) is 3. The molecule has 2 saturated carbocycles. The summed E-state index contributed by atoms with van der Waals surface area (Å²) in [5.41, 5.74) is 1.73. The highest BCUT2D eigenvalue weighted by atomic mass is 32.1. The molecule has 1 N–H and O–H groups in total. The molecule has 2 atom stereocenters. The van der Waals surface area contributed by atoms with E-state index in [1.165, 1.54) is 42.8 Å². The molecule has 0 bridgehead atoms. The fourth-order valence-electron chi connectivity index (χ4n) is 4.10. The van der Waals surface area contributed by atoms with Crippen LogP contribution in [0.5, 0.6) is 0 Å². The van der Waals surface area contributed by atoms with Crippen LogP contribution in [-0.4, -0.2) is 11.0 Å². The van der Waals surface area contributed by atoms with Crippen LogP contribution in [0, 0.1) is 18.3 Å². The summed E-state index contributed by atoms with van der Waals surface area (Å²) in [5.74, 6) is 0.777. The molecular weight excluding hydrogens is 252 g/mol. The fraction of sp³-hybridized carbons (Fsp3) is 0.812. The zero-order valence-electron chi connectivity index (χ0n) is 12.6. The molecule has 2 fully saturated rings. The van der Waals surface area contributed by atoms with Crippen LogP contribution in [0.4, 0.5) is 0 Å². The summed E-state index contributed by atoms with van der Waals surface area (Å²) in [7, 11) is 0. The summed E-state index contributed by atoms with van der Waals surface area (Å²) in [6.45, 7) is 9.37. The van der Waals surface area contributed by atoms with Crippen molar-refractivity contribution in [2.24, 2.45) is 11.3 Å². The second-order valence-corrected chi connectivity index (χ2v) is 8.51. The van der Waals surface area contributed by atoms with Gasteiger partial charge in [-0.2, -0.15) is 0 Å². The van der Waals surface area contributed by atoms with Crippen LogP contribution in [-0.2, 0) is 5.54 Å². The van der Waals surface area contributed by atoms with Crippen LogP contribution in [0.15, 0.2) is 5.38 Å². The second kappa shape index (κ2) is 4.56. The minimum atomic E-state index is 0.140. The fourth-order valence-corrected chi connectivity index (χ4v) is 5.07. The lowest BCUT2D eigenvalue weighted by Gasteiger charge is -2.47. The van der Waals surface area contributed by atoms with Crippen LogP contribution in [0.3, 0.4) is 0 Å². The average Bonchev–Trinajstić information content (AvgIpc) is 2.94. The Hall–Kier alpha value is -0.410. The Kier molecular flexibility index (Phi) is 3.25. The molecule has 1 aromatic rings. The van der Waals surface area contributed by atoms with E-state index in [4.69, 9.17) is 4.98 Å². The van der Waals surface area contributed by atoms with Gasteiger partial charge in [-0.1, -0.05) is 20.8 Å². The topological polar surface area (TPSA) is 24.9 Å². The molecule has 0 spiro atoms. The molecular formula is C16H26N2S. The minimum absolute atomic E-state index is 0.140. The van der Waals surface area contributed by atoms with Crippen LogP contribution < -0.4 is 5.32 Å². The summed E-state index contributed by atoms with van der Waals surface area (Å²) in [6, 6.07) is 0.741. The van der Waals surface area contributed by atoms with E-state index < -0.39 is 0 Å². The number of rotatable bonds is 3. The number of aryl methyl sites for hydroxylation is 1. The minimum Gasteiger partial charge on any atom is -0.303 e. The van der Waals surface area contributed by atoms with Crippen molar-refractivity contribution in [1.29, 1.82) is 0 Å². The second-order valence-electron chi connectivity index (χ2n) is 7.65. The largest absolute Gasteiger partial charge is 0.303 e. The lowest BCUT2D eigenvalue weighted by molar-refractivity contribution is 0.0778. The van der Waals surface area contributed by atoms with Gasteiger partial charge in [0.1, 0.15) is 5.01 Å². The quantitative estimate of drug-likeness (QED) is 0.894. The Bertz CT molecular complexity index is 457. The van der Waals surface area contributed by atoms with Gasteiger partial charge in [-0.05, 0) is 50.4 Å². The van der Waals surface area contributed by atoms with E-state index in [0.29, 0.717) is 5.41 Å². The van der Waals surface area contributed by atoms with Crippen LogP contribution in [0.25, 0.3) is 0 Å². The zero-order valence-corrected chi connectivity index (χ0v) is 13.4. The highest BCUT2D eigenvalue weighted by Crippen LogP contribution is 2.50. The lowest BCUT2D eigenvalue weighted by Crippen LogP contribution is -2.51. The molecule has 0 amide bonds. The first-order valence-corrected chi connectivity index (χ1v) is 8.47. The maximum absolute atomic E-state index is 4.84. The molecule has 0 aromatic carbocycles. The Balaban J connectivity index is 1.95. The van der Waals surface area contributed by atoms with E-state index in [9.17, 15) is 0 Å². The van der Waals surface area contributed by atoms with Gasteiger partial charge < -0.3 is 5.32 Å². The Morgan fingerprint density at radius 2 is 2.05 bits per heavy atom. The third-order valence-corrected chi connectivity index (χ3v) is 5.63. The van der Waals surface area contributed by atoms with Crippen molar-refractivity contribution in [1.82, 2.24) is 10.3 Å². The smallest absolute Gasteiger partial charge is 0.113 e. The molecule has 106 valence electrons. The van der Waals surface area contributed by atoms with Crippen molar-refractivity contribution in [2.45, 2.75) is 71.4 Å². The van der Waals surface area contributed by atoms with Gasteiger partial charge in [0.2, 0.25) is 0 Å². The Labute approximate surface area is 121 Å². The van der Waals surface area contributed by atoms with Crippen molar-refractivity contribution in [3.8, 4) is 0 Å². The predicted molar refractivity (Wildman–Crippen MR) is 81.5 cm³/mol. The van der Waals surface area contributed by atoms with E-state index in [1.807, 2.05) is 11.3 Å². The summed E-state index contributed by atoms with van der Waals surface area (Å²) in [6.07, 6.45) is 6.51. The van der Waals surface area contributed by atoms with Crippen molar-refractivity contribution in [2.75, 3.05) is 0 Å². The maximum atomic E-state index is 4.84. The first kappa shape index (κ1) is 13.6. The van der Waals surface area contributed by atoms with Gasteiger partial charge in [0.05, 0.1) is 5.54 Å². The van der Waals surface area contributed by atoms with E-state index in [2.05, 4.69) is 38.4 Å². The van der Waals surface area contributed by atoms with E-state index in [1.54, 1.807) is 0 Å². The average molecular weight is 278 g/mol. The first-order chi connectivity index (χ1) is 8.89. The summed E-state index contributed by atoms with van der Waals surface area (Å²) in [4.78, 5) is 4.84. The van der Waals surface area contributed by atoms with Gasteiger partial charge in [0, 0.05) is 17.1 Å². The number of nitrogens with one attached hydrogen (secondary N) is 1. The number of nitrogens with zero attached hydrogens (tertiary/aromatic N) is 1. The summed E-state index contributed by atoms with van der Waals surface area (Å²) in [5, 5.41) is 7.51. The molecule has 2 aliphatic carbocycles. The molecule has 1 aromatic heterocycles. The van der Waals surface area contributed by atoms with Crippen molar-refractivity contribution in [3.05, 3.63) is 16.1 Å².